The second-order valence-electron chi connectivity index (χ2n) is 7.83. The highest BCUT2D eigenvalue weighted by atomic mass is 16.3. The minimum absolute atomic E-state index is 0.280. The van der Waals surface area contributed by atoms with E-state index in [9.17, 15) is 19.5 Å². The number of benzene rings is 2. The molecule has 0 unspecified atom stereocenters. The van der Waals surface area contributed by atoms with Gasteiger partial charge in [0.25, 0.3) is 11.8 Å². The number of amides is 3. The molecule has 160 valence electrons. The molecule has 0 fully saturated rings. The molecule has 4 rings (SSSR count). The zero-order valence-corrected chi connectivity index (χ0v) is 17.0. The van der Waals surface area contributed by atoms with E-state index in [0.29, 0.717) is 12.1 Å². The third kappa shape index (κ3) is 4.02. The lowest BCUT2D eigenvalue weighted by atomic mass is 10.0. The van der Waals surface area contributed by atoms with Crippen molar-refractivity contribution in [3.63, 3.8) is 0 Å². The zero-order valence-electron chi connectivity index (χ0n) is 17.0. The van der Waals surface area contributed by atoms with E-state index >= 15 is 0 Å². The number of likely N-dealkylation sites (N-methyl/N-ethyl adjacent to an activating group) is 1. The number of para-hydroxylation sites is 1. The average Bonchev–Trinajstić information content (AvgIpc) is 3.33. The topological polar surface area (TPSA) is 129 Å². The molecule has 0 bridgehead atoms. The Balaban J connectivity index is 1.59. The number of aliphatic hydroxyl groups excluding tert-OH is 1. The molecular formula is C23H24N4O4. The first kappa shape index (κ1) is 20.6. The summed E-state index contributed by atoms with van der Waals surface area (Å²) in [6.07, 6.45) is -1.44. The molecule has 8 heteroatoms. The van der Waals surface area contributed by atoms with E-state index < -0.39 is 36.4 Å². The number of primary amides is 1. The van der Waals surface area contributed by atoms with Crippen molar-refractivity contribution in [2.75, 3.05) is 7.05 Å². The van der Waals surface area contributed by atoms with Crippen LogP contribution in [0.4, 0.5) is 0 Å². The highest BCUT2D eigenvalue weighted by Gasteiger charge is 2.39. The van der Waals surface area contributed by atoms with Gasteiger partial charge < -0.3 is 26.0 Å². The summed E-state index contributed by atoms with van der Waals surface area (Å²) < 4.78 is 0. The van der Waals surface area contributed by atoms with E-state index in [4.69, 9.17) is 5.73 Å². The van der Waals surface area contributed by atoms with Gasteiger partial charge >= 0.3 is 0 Å². The van der Waals surface area contributed by atoms with Crippen LogP contribution in [0.2, 0.25) is 0 Å². The number of nitrogens with one attached hydrogen (secondary N) is 2. The summed E-state index contributed by atoms with van der Waals surface area (Å²) in [5, 5.41) is 14.1. The fourth-order valence-corrected chi connectivity index (χ4v) is 4.27. The lowest BCUT2D eigenvalue weighted by Gasteiger charge is -2.32. The number of aromatic nitrogens is 1. The third-order valence-corrected chi connectivity index (χ3v) is 5.73. The highest BCUT2D eigenvalue weighted by molar-refractivity contribution is 5.98. The van der Waals surface area contributed by atoms with E-state index in [2.05, 4.69) is 10.3 Å². The first-order chi connectivity index (χ1) is 14.8. The molecule has 2 aromatic carbocycles. The van der Waals surface area contributed by atoms with Crippen molar-refractivity contribution in [3.05, 3.63) is 71.4 Å². The van der Waals surface area contributed by atoms with Crippen molar-refractivity contribution in [1.82, 2.24) is 15.2 Å². The molecule has 3 atom stereocenters. The fourth-order valence-electron chi connectivity index (χ4n) is 4.27. The van der Waals surface area contributed by atoms with Gasteiger partial charge in [-0.3, -0.25) is 14.4 Å². The van der Waals surface area contributed by atoms with Gasteiger partial charge in [-0.25, -0.2) is 0 Å². The van der Waals surface area contributed by atoms with Crippen LogP contribution >= 0.6 is 0 Å². The maximum absolute atomic E-state index is 13.0. The Morgan fingerprint density at radius 1 is 1.19 bits per heavy atom. The number of carbonyl (C=O) groups excluding carboxylic acids is 3. The molecule has 1 aliphatic rings. The molecular weight excluding hydrogens is 396 g/mol. The van der Waals surface area contributed by atoms with E-state index in [-0.39, 0.29) is 5.91 Å². The van der Waals surface area contributed by atoms with E-state index in [1.165, 1.54) is 4.90 Å². The van der Waals surface area contributed by atoms with Gasteiger partial charge in [-0.1, -0.05) is 42.5 Å². The van der Waals surface area contributed by atoms with Crippen LogP contribution in [0.25, 0.3) is 10.9 Å². The van der Waals surface area contributed by atoms with Crippen molar-refractivity contribution in [3.8, 4) is 0 Å². The number of fused-ring (bicyclic) bond motifs is 2. The summed E-state index contributed by atoms with van der Waals surface area (Å²) in [6, 6.07) is 16.1. The lowest BCUT2D eigenvalue weighted by molar-refractivity contribution is -0.144. The number of rotatable bonds is 6. The maximum atomic E-state index is 13.0. The molecule has 31 heavy (non-hydrogen) atoms. The number of aromatic amines is 1. The summed E-state index contributed by atoms with van der Waals surface area (Å²) in [5.41, 5.74) is 8.32. The molecule has 1 aromatic heterocycles. The molecule has 0 saturated carbocycles. The summed E-state index contributed by atoms with van der Waals surface area (Å²) in [5.74, 6) is -1.66. The number of H-pyrrole nitrogens is 1. The van der Waals surface area contributed by atoms with Gasteiger partial charge in [-0.15, -0.1) is 0 Å². The van der Waals surface area contributed by atoms with E-state index in [1.54, 1.807) is 13.1 Å². The second kappa shape index (κ2) is 8.23. The molecule has 0 aliphatic heterocycles. The Hall–Kier alpha value is -3.65. The van der Waals surface area contributed by atoms with E-state index in [1.807, 2.05) is 48.5 Å². The van der Waals surface area contributed by atoms with E-state index in [0.717, 1.165) is 22.0 Å². The van der Waals surface area contributed by atoms with Gasteiger partial charge in [-0.2, -0.15) is 0 Å². The van der Waals surface area contributed by atoms with Crippen molar-refractivity contribution < 1.29 is 19.5 Å². The van der Waals surface area contributed by atoms with Gasteiger partial charge in [0, 0.05) is 18.0 Å². The van der Waals surface area contributed by atoms with Gasteiger partial charge in [0.15, 0.2) is 0 Å². The molecule has 3 aromatic rings. The number of nitrogens with two attached hydrogens (primary N) is 1. The lowest BCUT2D eigenvalue weighted by Crippen LogP contribution is -2.48. The first-order valence-corrected chi connectivity index (χ1v) is 10.0. The van der Waals surface area contributed by atoms with Crippen molar-refractivity contribution in [2.24, 2.45) is 5.73 Å². The average molecular weight is 420 g/mol. The van der Waals surface area contributed by atoms with Crippen molar-refractivity contribution in [2.45, 2.75) is 31.0 Å². The number of nitrogens with zero attached hydrogens (tertiary/aromatic N) is 1. The third-order valence-electron chi connectivity index (χ3n) is 5.73. The van der Waals surface area contributed by atoms with Crippen LogP contribution in [-0.2, 0) is 16.0 Å². The van der Waals surface area contributed by atoms with Crippen LogP contribution in [0.3, 0.4) is 0 Å². The van der Waals surface area contributed by atoms with Crippen LogP contribution in [0.5, 0.6) is 0 Å². The number of hydrogen-bond donors (Lipinski definition) is 4. The van der Waals surface area contributed by atoms with Crippen LogP contribution in [0.1, 0.15) is 34.1 Å². The van der Waals surface area contributed by atoms with Crippen LogP contribution in [0.15, 0.2) is 54.6 Å². The Morgan fingerprint density at radius 3 is 2.65 bits per heavy atom. The molecule has 0 radical (unpaired) electrons. The quantitative estimate of drug-likeness (QED) is 0.478. The summed E-state index contributed by atoms with van der Waals surface area (Å²) in [7, 11) is 1.56. The first-order valence-electron chi connectivity index (χ1n) is 10.0. The SMILES string of the molecule is CN(C(=O)[C@@H](O)CC(N)=O)[C@@H]1c2ccccc2C[C@H]1NC(=O)c1cc2ccccc2[nH]1. The zero-order chi connectivity index (χ0) is 22.1. The Labute approximate surface area is 179 Å². The number of carbonyl (C=O) groups is 3. The van der Waals surface area contributed by atoms with Crippen LogP contribution < -0.4 is 11.1 Å². The number of hydrogen-bond acceptors (Lipinski definition) is 4. The predicted octanol–water partition coefficient (Wildman–Crippen LogP) is 1.26. The van der Waals surface area contributed by atoms with Gasteiger partial charge in [0.2, 0.25) is 5.91 Å². The smallest absolute Gasteiger partial charge is 0.268 e. The molecule has 1 heterocycles. The monoisotopic (exact) mass is 420 g/mol. The summed E-state index contributed by atoms with van der Waals surface area (Å²) >= 11 is 0. The predicted molar refractivity (Wildman–Crippen MR) is 115 cm³/mol. The Kier molecular flexibility index (Phi) is 5.48. The van der Waals surface area contributed by atoms with Crippen molar-refractivity contribution >= 4 is 28.6 Å². The van der Waals surface area contributed by atoms with Gasteiger partial charge in [0.05, 0.1) is 18.5 Å². The normalized spacial score (nSPS) is 18.4. The maximum Gasteiger partial charge on any atom is 0.268 e. The molecule has 1 aliphatic carbocycles. The molecule has 3 amide bonds. The summed E-state index contributed by atoms with van der Waals surface area (Å²) in [4.78, 5) is 41.4. The second-order valence-corrected chi connectivity index (χ2v) is 7.83. The molecule has 8 nitrogen and oxygen atoms in total. The molecule has 5 N–H and O–H groups in total. The standard InChI is InChI=1S/C23H24N4O4/c1-27(23(31)19(28)12-20(24)29)21-15-8-4-2-6-13(15)10-17(21)26-22(30)18-11-14-7-3-5-9-16(14)25-18/h2-9,11,17,19,21,25,28H,10,12H2,1H3,(H2,24,29)(H,26,30)/t17-,19+,21-/m1/s1. The minimum Gasteiger partial charge on any atom is -0.383 e. The fraction of sp³-hybridized carbons (Fsp3) is 0.261. The summed E-state index contributed by atoms with van der Waals surface area (Å²) in [6.45, 7) is 0. The van der Waals surface area contributed by atoms with Gasteiger partial charge in [0.1, 0.15) is 11.8 Å². The van der Waals surface area contributed by atoms with Gasteiger partial charge in [-0.05, 0) is 29.7 Å². The largest absolute Gasteiger partial charge is 0.383 e. The van der Waals surface area contributed by atoms with Crippen LogP contribution in [-0.4, -0.2) is 51.9 Å². The van der Waals surface area contributed by atoms with Crippen LogP contribution in [0, 0.1) is 0 Å². The highest BCUT2D eigenvalue weighted by Crippen LogP contribution is 2.36. The Morgan fingerprint density at radius 2 is 1.90 bits per heavy atom. The Bertz CT molecular complexity index is 1120. The minimum atomic E-state index is -1.53. The number of aliphatic hydroxyl groups is 1. The molecule has 0 spiro atoms. The molecule has 0 saturated heterocycles. The van der Waals surface area contributed by atoms with Crippen molar-refractivity contribution in [1.29, 1.82) is 0 Å².